The van der Waals surface area contributed by atoms with E-state index in [0.29, 0.717) is 0 Å². The average Bonchev–Trinajstić information content (AvgIpc) is 2.94. The molecular weight excluding hydrogens is 360 g/mol. The summed E-state index contributed by atoms with van der Waals surface area (Å²) in [6.07, 6.45) is 0. The van der Waals surface area contributed by atoms with Crippen molar-refractivity contribution in [2.75, 3.05) is 31.1 Å². The molecule has 5 heteroatoms. The van der Waals surface area contributed by atoms with Crippen LogP contribution in [0, 0.1) is 20.8 Å². The lowest BCUT2D eigenvalue weighted by Crippen LogP contribution is -3.13. The van der Waals surface area contributed by atoms with Crippen molar-refractivity contribution in [2.24, 2.45) is 7.05 Å². The van der Waals surface area contributed by atoms with Crippen LogP contribution in [0.15, 0.2) is 53.3 Å². The van der Waals surface area contributed by atoms with Gasteiger partial charge in [0.2, 0.25) is 0 Å². The van der Waals surface area contributed by atoms with Gasteiger partial charge in [0.25, 0.3) is 5.56 Å². The van der Waals surface area contributed by atoms with Crippen LogP contribution in [0.4, 0.5) is 5.69 Å². The Hall–Kier alpha value is -2.79. The molecule has 2 heterocycles. The smallest absolute Gasteiger partial charge is 0.280 e. The predicted octanol–water partition coefficient (Wildman–Crippen LogP) is 2.01. The molecule has 0 aliphatic carbocycles. The highest BCUT2D eigenvalue weighted by atomic mass is 16.1. The van der Waals surface area contributed by atoms with Gasteiger partial charge in [-0.25, -0.2) is 4.68 Å². The molecule has 1 aliphatic heterocycles. The molecule has 5 nitrogen and oxygen atoms in total. The maximum atomic E-state index is 13.2. The van der Waals surface area contributed by atoms with Crippen molar-refractivity contribution in [1.29, 1.82) is 0 Å². The molecule has 3 aromatic rings. The van der Waals surface area contributed by atoms with Crippen LogP contribution in [-0.4, -0.2) is 35.5 Å². The number of piperazine rings is 1. The normalized spacial score (nSPS) is 15.1. The van der Waals surface area contributed by atoms with E-state index in [9.17, 15) is 4.79 Å². The second kappa shape index (κ2) is 7.91. The molecule has 1 N–H and O–H groups in total. The van der Waals surface area contributed by atoms with Crippen LogP contribution in [0.25, 0.3) is 5.69 Å². The summed E-state index contributed by atoms with van der Waals surface area (Å²) in [5, 5.41) is 0. The monoisotopic (exact) mass is 391 g/mol. The lowest BCUT2D eigenvalue weighted by atomic mass is 10.1. The topological polar surface area (TPSA) is 34.6 Å². The first kappa shape index (κ1) is 19.5. The molecule has 4 rings (SSSR count). The van der Waals surface area contributed by atoms with Crippen LogP contribution < -0.4 is 15.4 Å². The number of aromatic nitrogens is 2. The summed E-state index contributed by atoms with van der Waals surface area (Å²) in [6, 6.07) is 16.5. The molecule has 0 unspecified atom stereocenters. The standard InChI is InChI=1S/C24H30N4O/c1-18-9-8-12-23(19(18)2)27-15-13-26(14-16-27)17-22-20(3)25(4)28(24(22)29)21-10-6-5-7-11-21/h5-12H,13-17H2,1-4H3/p+1. The highest BCUT2D eigenvalue weighted by Gasteiger charge is 2.25. The number of hydrogen-bond donors (Lipinski definition) is 1. The van der Waals surface area contributed by atoms with Crippen LogP contribution in [-0.2, 0) is 13.6 Å². The second-order valence-corrected chi connectivity index (χ2v) is 8.17. The Morgan fingerprint density at radius 2 is 1.62 bits per heavy atom. The van der Waals surface area contributed by atoms with Gasteiger partial charge in [0.05, 0.1) is 37.4 Å². The molecule has 0 atom stereocenters. The average molecular weight is 392 g/mol. The number of aryl methyl sites for hydroxylation is 1. The van der Waals surface area contributed by atoms with Gasteiger partial charge >= 0.3 is 0 Å². The van der Waals surface area contributed by atoms with E-state index >= 15 is 0 Å². The van der Waals surface area contributed by atoms with Gasteiger partial charge in [-0.2, -0.15) is 0 Å². The number of benzene rings is 2. The van der Waals surface area contributed by atoms with Crippen molar-refractivity contribution in [2.45, 2.75) is 27.3 Å². The van der Waals surface area contributed by atoms with Crippen LogP contribution in [0.2, 0.25) is 0 Å². The molecule has 1 fully saturated rings. The van der Waals surface area contributed by atoms with Crippen LogP contribution in [0.3, 0.4) is 0 Å². The van der Waals surface area contributed by atoms with Gasteiger partial charge in [-0.1, -0.05) is 30.3 Å². The second-order valence-electron chi connectivity index (χ2n) is 8.17. The molecule has 0 radical (unpaired) electrons. The molecule has 0 spiro atoms. The zero-order valence-corrected chi connectivity index (χ0v) is 17.9. The largest absolute Gasteiger partial charge is 0.360 e. The van der Waals surface area contributed by atoms with Gasteiger partial charge in [-0.05, 0) is 50.1 Å². The number of anilines is 1. The Kier molecular flexibility index (Phi) is 5.33. The van der Waals surface area contributed by atoms with E-state index in [4.69, 9.17) is 0 Å². The van der Waals surface area contributed by atoms with Gasteiger partial charge in [0.1, 0.15) is 6.54 Å². The third-order valence-corrected chi connectivity index (χ3v) is 6.49. The Labute approximate surface area is 172 Å². The first-order valence-corrected chi connectivity index (χ1v) is 10.4. The third-order valence-electron chi connectivity index (χ3n) is 6.49. The SMILES string of the molecule is Cc1cccc(N2CC[NH+](Cc3c(C)n(C)n(-c4ccccc4)c3=O)CC2)c1C. The van der Waals surface area contributed by atoms with Crippen molar-refractivity contribution in [3.8, 4) is 5.69 Å². The maximum Gasteiger partial charge on any atom is 0.280 e. The number of hydrogen-bond acceptors (Lipinski definition) is 2. The first-order valence-electron chi connectivity index (χ1n) is 10.4. The molecular formula is C24H31N4O+. The van der Waals surface area contributed by atoms with Crippen LogP contribution >= 0.6 is 0 Å². The molecule has 0 amide bonds. The summed E-state index contributed by atoms with van der Waals surface area (Å²) in [5.41, 5.74) is 7.10. The number of nitrogens with zero attached hydrogens (tertiary/aromatic N) is 3. The lowest BCUT2D eigenvalue weighted by molar-refractivity contribution is -0.914. The number of quaternary nitrogens is 1. The summed E-state index contributed by atoms with van der Waals surface area (Å²) in [4.78, 5) is 17.1. The molecule has 1 saturated heterocycles. The van der Waals surface area contributed by atoms with E-state index in [1.54, 1.807) is 4.68 Å². The summed E-state index contributed by atoms with van der Waals surface area (Å²) in [5.74, 6) is 0. The molecule has 152 valence electrons. The van der Waals surface area contributed by atoms with Crippen LogP contribution in [0.1, 0.15) is 22.4 Å². The van der Waals surface area contributed by atoms with Crippen molar-refractivity contribution in [3.63, 3.8) is 0 Å². The van der Waals surface area contributed by atoms with Gasteiger partial charge in [-0.3, -0.25) is 9.48 Å². The van der Waals surface area contributed by atoms with E-state index in [1.165, 1.54) is 21.7 Å². The minimum absolute atomic E-state index is 0.112. The Morgan fingerprint density at radius 1 is 0.931 bits per heavy atom. The molecule has 2 aromatic carbocycles. The lowest BCUT2D eigenvalue weighted by Gasteiger charge is -2.34. The first-order chi connectivity index (χ1) is 14.0. The van der Waals surface area contributed by atoms with E-state index in [1.807, 2.05) is 42.1 Å². The Morgan fingerprint density at radius 3 is 2.31 bits per heavy atom. The fourth-order valence-electron chi connectivity index (χ4n) is 4.40. The quantitative estimate of drug-likeness (QED) is 0.738. The molecule has 1 aromatic heterocycles. The van der Waals surface area contributed by atoms with Gasteiger partial charge in [0.15, 0.2) is 0 Å². The Bertz CT molecular complexity index is 1060. The fraction of sp³-hybridized carbons (Fsp3) is 0.375. The molecule has 1 aliphatic rings. The molecule has 0 bridgehead atoms. The maximum absolute atomic E-state index is 13.2. The predicted molar refractivity (Wildman–Crippen MR) is 118 cm³/mol. The zero-order chi connectivity index (χ0) is 20.5. The van der Waals surface area contributed by atoms with E-state index in [-0.39, 0.29) is 5.56 Å². The minimum Gasteiger partial charge on any atom is -0.360 e. The summed E-state index contributed by atoms with van der Waals surface area (Å²) in [7, 11) is 1.97. The van der Waals surface area contributed by atoms with Crippen molar-refractivity contribution < 1.29 is 4.90 Å². The highest BCUT2D eigenvalue weighted by molar-refractivity contribution is 5.56. The zero-order valence-electron chi connectivity index (χ0n) is 17.9. The van der Waals surface area contributed by atoms with Crippen molar-refractivity contribution in [1.82, 2.24) is 9.36 Å². The molecule has 29 heavy (non-hydrogen) atoms. The van der Waals surface area contributed by atoms with E-state index in [0.717, 1.165) is 49.7 Å². The number of rotatable bonds is 4. The van der Waals surface area contributed by atoms with Gasteiger partial charge < -0.3 is 9.80 Å². The summed E-state index contributed by atoms with van der Waals surface area (Å²) >= 11 is 0. The van der Waals surface area contributed by atoms with Crippen molar-refractivity contribution >= 4 is 5.69 Å². The third kappa shape index (κ3) is 3.62. The molecule has 0 saturated carbocycles. The highest BCUT2D eigenvalue weighted by Crippen LogP contribution is 2.22. The fourth-order valence-corrected chi connectivity index (χ4v) is 4.40. The number of para-hydroxylation sites is 1. The van der Waals surface area contributed by atoms with E-state index in [2.05, 4.69) is 43.9 Å². The Balaban J connectivity index is 1.50. The van der Waals surface area contributed by atoms with Gasteiger partial charge in [0, 0.05) is 18.4 Å². The van der Waals surface area contributed by atoms with Crippen molar-refractivity contribution in [3.05, 3.63) is 81.3 Å². The summed E-state index contributed by atoms with van der Waals surface area (Å²) < 4.78 is 3.77. The summed E-state index contributed by atoms with van der Waals surface area (Å²) in [6.45, 7) is 11.4. The number of nitrogens with one attached hydrogen (secondary N) is 1. The van der Waals surface area contributed by atoms with Gasteiger partial charge in [-0.15, -0.1) is 0 Å². The van der Waals surface area contributed by atoms with E-state index < -0.39 is 0 Å². The minimum atomic E-state index is 0.112. The van der Waals surface area contributed by atoms with Crippen LogP contribution in [0.5, 0.6) is 0 Å².